The van der Waals surface area contributed by atoms with Gasteiger partial charge in [0.2, 0.25) is 5.91 Å². The number of carbonyl (C=O) groups is 2. The molecule has 1 amide bonds. The van der Waals surface area contributed by atoms with Gasteiger partial charge >= 0.3 is 5.97 Å². The summed E-state index contributed by atoms with van der Waals surface area (Å²) in [4.78, 5) is 24.7. The Kier molecular flexibility index (Phi) is 68.9. The minimum absolute atomic E-state index is 0.0181. The minimum Gasteiger partial charge on any atom is -0.466 e. The van der Waals surface area contributed by atoms with E-state index in [4.69, 9.17) is 4.74 Å². The number of carbonyl (C=O) groups excluding carboxylic acids is 2. The fraction of sp³-hybridized carbons (Fsp3) is 0.946. The van der Waals surface area contributed by atoms with Crippen molar-refractivity contribution in [2.24, 2.45) is 0 Å². The number of unbranched alkanes of at least 4 members (excludes halogenated alkanes) is 57. The van der Waals surface area contributed by atoms with Gasteiger partial charge in [-0.3, -0.25) is 9.59 Å². The molecular formula is C74H145NO5. The first kappa shape index (κ1) is 78.6. The van der Waals surface area contributed by atoms with Gasteiger partial charge in [0.05, 0.1) is 25.4 Å². The Labute approximate surface area is 501 Å². The number of hydrogen-bond donors (Lipinski definition) is 3. The van der Waals surface area contributed by atoms with Gasteiger partial charge in [-0.2, -0.15) is 0 Å². The molecule has 2 atom stereocenters. The molecule has 476 valence electrons. The normalized spacial score (nSPS) is 12.5. The number of nitrogens with one attached hydrogen (secondary N) is 1. The molecule has 0 saturated carbocycles. The van der Waals surface area contributed by atoms with Gasteiger partial charge in [0.1, 0.15) is 0 Å². The molecule has 0 fully saturated rings. The van der Waals surface area contributed by atoms with Crippen molar-refractivity contribution in [2.45, 2.75) is 437 Å². The smallest absolute Gasteiger partial charge is 0.305 e. The highest BCUT2D eigenvalue weighted by Crippen LogP contribution is 2.20. The number of esters is 1. The number of aliphatic hydroxyl groups excluding tert-OH is 2. The van der Waals surface area contributed by atoms with E-state index in [2.05, 4.69) is 31.3 Å². The molecule has 0 aromatic rings. The summed E-state index contributed by atoms with van der Waals surface area (Å²) in [6.07, 6.45) is 87.0. The average molecular weight is 1130 g/mol. The molecule has 0 bridgehead atoms. The maximum Gasteiger partial charge on any atom is 0.305 e. The monoisotopic (exact) mass is 1130 g/mol. The Morgan fingerprint density at radius 2 is 0.588 bits per heavy atom. The Hall–Kier alpha value is -1.40. The molecule has 6 heteroatoms. The van der Waals surface area contributed by atoms with Crippen LogP contribution in [0.15, 0.2) is 12.2 Å². The van der Waals surface area contributed by atoms with Gasteiger partial charge in [0.25, 0.3) is 0 Å². The SMILES string of the molecule is CCCCCCCC/C=C\CCCCCCCCCCCC(=O)OCCCCCCCCCCCCCCCCCCCCCCCCCCCCC(=O)NC(CO)C(O)CCCCCCCCCCCCCCCCCCCC. The quantitative estimate of drug-likeness (QED) is 0.0320. The fourth-order valence-electron chi connectivity index (χ4n) is 11.9. The summed E-state index contributed by atoms with van der Waals surface area (Å²) < 4.78 is 5.51. The molecule has 0 aromatic heterocycles. The largest absolute Gasteiger partial charge is 0.466 e. The highest BCUT2D eigenvalue weighted by molar-refractivity contribution is 5.76. The van der Waals surface area contributed by atoms with Crippen LogP contribution in [0, 0.1) is 0 Å². The predicted octanol–water partition coefficient (Wildman–Crippen LogP) is 23.9. The lowest BCUT2D eigenvalue weighted by atomic mass is 10.0. The second-order valence-electron chi connectivity index (χ2n) is 25.6. The van der Waals surface area contributed by atoms with Gasteiger partial charge in [-0.15, -0.1) is 0 Å². The minimum atomic E-state index is -0.663. The summed E-state index contributed by atoms with van der Waals surface area (Å²) in [6.45, 7) is 5.00. The van der Waals surface area contributed by atoms with E-state index < -0.39 is 12.1 Å². The van der Waals surface area contributed by atoms with Gasteiger partial charge < -0.3 is 20.3 Å². The maximum absolute atomic E-state index is 12.5. The zero-order valence-electron chi connectivity index (χ0n) is 54.6. The lowest BCUT2D eigenvalue weighted by Crippen LogP contribution is -2.45. The molecule has 0 rings (SSSR count). The molecule has 0 aliphatic rings. The number of aliphatic hydroxyl groups is 2. The second kappa shape index (κ2) is 70.1. The molecule has 0 aliphatic heterocycles. The van der Waals surface area contributed by atoms with Crippen molar-refractivity contribution in [3.05, 3.63) is 12.2 Å². The first-order chi connectivity index (χ1) is 39.5. The number of allylic oxidation sites excluding steroid dienone is 2. The van der Waals surface area contributed by atoms with Gasteiger partial charge in [0.15, 0.2) is 0 Å². The van der Waals surface area contributed by atoms with E-state index in [0.29, 0.717) is 25.9 Å². The van der Waals surface area contributed by atoms with E-state index in [0.717, 1.165) is 38.5 Å². The highest BCUT2D eigenvalue weighted by Gasteiger charge is 2.20. The van der Waals surface area contributed by atoms with E-state index in [1.54, 1.807) is 0 Å². The third-order valence-electron chi connectivity index (χ3n) is 17.6. The van der Waals surface area contributed by atoms with E-state index in [1.165, 1.54) is 353 Å². The second-order valence-corrected chi connectivity index (χ2v) is 25.6. The van der Waals surface area contributed by atoms with Crippen LogP contribution in [-0.2, 0) is 14.3 Å². The van der Waals surface area contributed by atoms with E-state index in [1.807, 2.05) is 0 Å². The van der Waals surface area contributed by atoms with Crippen molar-refractivity contribution in [2.75, 3.05) is 13.2 Å². The van der Waals surface area contributed by atoms with Gasteiger partial charge in [-0.1, -0.05) is 373 Å². The Morgan fingerprint density at radius 3 is 0.887 bits per heavy atom. The zero-order valence-corrected chi connectivity index (χ0v) is 54.6. The lowest BCUT2D eigenvalue weighted by molar-refractivity contribution is -0.143. The number of ether oxygens (including phenoxy) is 1. The van der Waals surface area contributed by atoms with Crippen molar-refractivity contribution in [3.63, 3.8) is 0 Å². The van der Waals surface area contributed by atoms with Crippen molar-refractivity contribution < 1.29 is 24.5 Å². The molecule has 0 aromatic carbocycles. The lowest BCUT2D eigenvalue weighted by Gasteiger charge is -2.22. The van der Waals surface area contributed by atoms with Gasteiger partial charge in [-0.25, -0.2) is 0 Å². The first-order valence-corrected chi connectivity index (χ1v) is 36.9. The highest BCUT2D eigenvalue weighted by atomic mass is 16.5. The summed E-state index contributed by atoms with van der Waals surface area (Å²) in [7, 11) is 0. The molecule has 3 N–H and O–H groups in total. The van der Waals surface area contributed by atoms with Gasteiger partial charge in [-0.05, 0) is 51.4 Å². The molecule has 0 spiro atoms. The molecule has 0 radical (unpaired) electrons. The predicted molar refractivity (Wildman–Crippen MR) is 352 cm³/mol. The van der Waals surface area contributed by atoms with Crippen molar-refractivity contribution in [1.29, 1.82) is 0 Å². The van der Waals surface area contributed by atoms with E-state index >= 15 is 0 Å². The summed E-state index contributed by atoms with van der Waals surface area (Å²) in [5, 5.41) is 23.4. The van der Waals surface area contributed by atoms with Crippen LogP contribution in [0.2, 0.25) is 0 Å². The van der Waals surface area contributed by atoms with Crippen LogP contribution < -0.4 is 5.32 Å². The Morgan fingerprint density at radius 1 is 0.338 bits per heavy atom. The van der Waals surface area contributed by atoms with Crippen molar-refractivity contribution in [1.82, 2.24) is 5.32 Å². The van der Waals surface area contributed by atoms with Crippen LogP contribution in [0.25, 0.3) is 0 Å². The van der Waals surface area contributed by atoms with Crippen LogP contribution in [0.1, 0.15) is 425 Å². The number of amides is 1. The summed E-state index contributed by atoms with van der Waals surface area (Å²) in [6, 6.07) is -0.540. The van der Waals surface area contributed by atoms with Crippen molar-refractivity contribution in [3.8, 4) is 0 Å². The third kappa shape index (κ3) is 65.7. The van der Waals surface area contributed by atoms with E-state index in [-0.39, 0.29) is 18.5 Å². The Balaban J connectivity index is 3.33. The molecule has 2 unspecified atom stereocenters. The first-order valence-electron chi connectivity index (χ1n) is 36.9. The number of rotatable bonds is 70. The summed E-state index contributed by atoms with van der Waals surface area (Å²) >= 11 is 0. The Bertz CT molecular complexity index is 1210. The molecule has 6 nitrogen and oxygen atoms in total. The average Bonchev–Trinajstić information content (AvgIpc) is 3.46. The fourth-order valence-corrected chi connectivity index (χ4v) is 11.9. The maximum atomic E-state index is 12.5. The van der Waals surface area contributed by atoms with Crippen LogP contribution in [-0.4, -0.2) is 47.4 Å². The number of hydrogen-bond acceptors (Lipinski definition) is 5. The molecular weight excluding hydrogens is 983 g/mol. The standard InChI is InChI=1S/C74H145NO5/c1-3-5-7-9-11-13-15-17-19-21-31-36-40-44-48-52-56-60-64-68-74(79)80-69-65-61-57-53-49-45-41-37-33-30-28-26-24-23-25-27-29-32-35-39-43-47-51-55-59-63-67-73(78)75-71(70-76)72(77)66-62-58-54-50-46-42-38-34-22-20-18-16-14-12-10-8-6-4-2/h17,19,71-72,76-77H,3-16,18,20-70H2,1-2H3,(H,75,78)/b19-17-. The van der Waals surface area contributed by atoms with Crippen LogP contribution in [0.4, 0.5) is 0 Å². The third-order valence-corrected chi connectivity index (χ3v) is 17.6. The van der Waals surface area contributed by atoms with Crippen LogP contribution >= 0.6 is 0 Å². The molecule has 0 aliphatic carbocycles. The van der Waals surface area contributed by atoms with Gasteiger partial charge in [0, 0.05) is 12.8 Å². The summed E-state index contributed by atoms with van der Waals surface area (Å²) in [5.74, 6) is -0.0100. The molecule has 0 saturated heterocycles. The van der Waals surface area contributed by atoms with Crippen LogP contribution in [0.5, 0.6) is 0 Å². The van der Waals surface area contributed by atoms with Crippen molar-refractivity contribution >= 4 is 11.9 Å². The van der Waals surface area contributed by atoms with E-state index in [9.17, 15) is 19.8 Å². The zero-order chi connectivity index (χ0) is 57.8. The molecule has 80 heavy (non-hydrogen) atoms. The molecule has 0 heterocycles. The summed E-state index contributed by atoms with van der Waals surface area (Å²) in [5.41, 5.74) is 0. The topological polar surface area (TPSA) is 95.9 Å². The van der Waals surface area contributed by atoms with Crippen LogP contribution in [0.3, 0.4) is 0 Å².